The molecule has 204 valence electrons. The molecule has 1 saturated carbocycles. The summed E-state index contributed by atoms with van der Waals surface area (Å²) in [7, 11) is -5.57. The molecular weight excluding hydrogens is 497 g/mol. The van der Waals surface area contributed by atoms with Gasteiger partial charge in [0, 0.05) is 0 Å². The van der Waals surface area contributed by atoms with Gasteiger partial charge in [0.1, 0.15) is 0 Å². The lowest BCUT2D eigenvalue weighted by molar-refractivity contribution is -0.156. The molecule has 0 radical (unpaired) electrons. The van der Waals surface area contributed by atoms with Crippen molar-refractivity contribution in [3.8, 4) is 0 Å². The number of rotatable bonds is 7. The van der Waals surface area contributed by atoms with E-state index in [1.54, 1.807) is 0 Å². The molecule has 3 rings (SSSR count). The first-order chi connectivity index (χ1) is 16.1. The van der Waals surface area contributed by atoms with E-state index in [-0.39, 0.29) is 29.0 Å². The zero-order valence-electron chi connectivity index (χ0n) is 25.3. The molecule has 2 aliphatic carbocycles. The molecule has 1 aromatic rings. The molecule has 1 aromatic carbocycles. The van der Waals surface area contributed by atoms with Crippen LogP contribution in [0.5, 0.6) is 0 Å². The van der Waals surface area contributed by atoms with Gasteiger partial charge in [0.15, 0.2) is 16.6 Å². The fraction of sp³-hybridized carbons (Fsp3) is 0.759. The van der Waals surface area contributed by atoms with Crippen LogP contribution in [0.25, 0.3) is 0 Å². The highest BCUT2D eigenvalue weighted by Gasteiger charge is 2.58. The van der Waals surface area contributed by atoms with E-state index in [1.807, 2.05) is 0 Å². The second kappa shape index (κ2) is 9.47. The fourth-order valence-electron chi connectivity index (χ4n) is 6.78. The number of carbonyl (C=O) groups excluding carboxylic acids is 1. The summed E-state index contributed by atoms with van der Waals surface area (Å²) in [5.74, 6) is 0.197. The lowest BCUT2D eigenvalue weighted by Gasteiger charge is -2.56. The Morgan fingerprint density at radius 1 is 0.917 bits per heavy atom. The molecule has 2 aliphatic rings. The van der Waals surface area contributed by atoms with Gasteiger partial charge in [-0.2, -0.15) is 0 Å². The summed E-state index contributed by atoms with van der Waals surface area (Å²) >= 11 is 0. The number of benzene rings is 1. The van der Waals surface area contributed by atoms with Gasteiger partial charge in [0.05, 0.1) is 17.1 Å². The van der Waals surface area contributed by atoms with Crippen molar-refractivity contribution in [2.24, 2.45) is 11.3 Å². The molecule has 0 saturated heterocycles. The van der Waals surface area contributed by atoms with Crippen molar-refractivity contribution in [3.63, 3.8) is 0 Å². The largest absolute Gasteiger partial charge is 0.519 e. The predicted octanol–water partition coefficient (Wildman–Crippen LogP) is 8.51. The molecular formula is C29H52O4Si3. The minimum Gasteiger partial charge on any atom is -0.519 e. The van der Waals surface area contributed by atoms with Gasteiger partial charge in [-0.3, -0.25) is 4.79 Å². The van der Waals surface area contributed by atoms with Gasteiger partial charge >= 0.3 is 0 Å². The number of hydrogen-bond donors (Lipinski definition) is 0. The molecule has 4 nitrogen and oxygen atoms in total. The van der Waals surface area contributed by atoms with Crippen molar-refractivity contribution in [2.75, 3.05) is 0 Å². The second-order valence-corrected chi connectivity index (χ2v) is 28.5. The summed E-state index contributed by atoms with van der Waals surface area (Å²) < 4.78 is 19.7. The topological polar surface area (TPSA) is 44.8 Å². The van der Waals surface area contributed by atoms with E-state index >= 15 is 0 Å². The Morgan fingerprint density at radius 3 is 2.06 bits per heavy atom. The van der Waals surface area contributed by atoms with E-state index in [0.717, 1.165) is 25.7 Å². The third-order valence-corrected chi connectivity index (χ3v) is 10.9. The summed E-state index contributed by atoms with van der Waals surface area (Å²) in [6.45, 7) is 28.8. The van der Waals surface area contributed by atoms with Crippen LogP contribution in [0.15, 0.2) is 18.2 Å². The molecule has 0 spiro atoms. The van der Waals surface area contributed by atoms with Gasteiger partial charge in [-0.25, -0.2) is 0 Å². The van der Waals surface area contributed by atoms with Crippen LogP contribution in [0.3, 0.4) is 0 Å². The average Bonchev–Trinajstić information content (AvgIpc) is 2.65. The summed E-state index contributed by atoms with van der Waals surface area (Å²) in [5, 5.41) is 0. The lowest BCUT2D eigenvalue weighted by atomic mass is 9.49. The average molecular weight is 549 g/mol. The van der Waals surface area contributed by atoms with Gasteiger partial charge in [-0.1, -0.05) is 31.5 Å². The molecule has 7 heteroatoms. The van der Waals surface area contributed by atoms with Crippen molar-refractivity contribution in [1.29, 1.82) is 0 Å². The van der Waals surface area contributed by atoms with Crippen LogP contribution >= 0.6 is 0 Å². The van der Waals surface area contributed by atoms with Crippen LogP contribution < -0.4 is 0 Å². The zero-order chi connectivity index (χ0) is 27.5. The minimum atomic E-state index is -1.99. The molecule has 0 aliphatic heterocycles. The number of carbonyl (C=O) groups is 1. The standard InChI is InChI=1S/C29H52O4Si3/c1-27(2,33-36(11,12)13)21-15-16-23-22(19-21)24(31-34(5,6)7)20-25-28(23,3)17-14-18-29(25,4)26(30)32-35(8,9)10/h15-16,19,24-25H,14,17-18,20H2,1-13H3. The third kappa shape index (κ3) is 6.28. The molecule has 4 unspecified atom stereocenters. The van der Waals surface area contributed by atoms with Crippen LogP contribution in [-0.4, -0.2) is 30.9 Å². The van der Waals surface area contributed by atoms with Gasteiger partial charge in [-0.05, 0) is 127 Å². The third-order valence-electron chi connectivity index (χ3n) is 8.01. The fourth-order valence-corrected chi connectivity index (χ4v) is 10.3. The van der Waals surface area contributed by atoms with E-state index in [0.29, 0.717) is 0 Å². The first kappa shape index (κ1) is 29.8. The van der Waals surface area contributed by atoms with Crippen molar-refractivity contribution >= 4 is 30.9 Å². The highest BCUT2D eigenvalue weighted by atomic mass is 28.4. The van der Waals surface area contributed by atoms with Crippen molar-refractivity contribution in [3.05, 3.63) is 34.9 Å². The maximum atomic E-state index is 13.7. The Balaban J connectivity index is 2.14. The highest BCUT2D eigenvalue weighted by molar-refractivity contribution is 6.71. The summed E-state index contributed by atoms with van der Waals surface area (Å²) in [6.07, 6.45) is 3.87. The van der Waals surface area contributed by atoms with Gasteiger partial charge in [0.25, 0.3) is 5.97 Å². The van der Waals surface area contributed by atoms with Gasteiger partial charge < -0.3 is 13.3 Å². The molecule has 4 atom stereocenters. The van der Waals surface area contributed by atoms with Crippen LogP contribution in [0.4, 0.5) is 0 Å². The number of fused-ring (bicyclic) bond motifs is 3. The SMILES string of the molecule is CC(C)(O[Si](C)(C)C)c1ccc2c(c1)C(O[Si](C)(C)C)CC1C(C)(C(=O)O[Si](C)(C)C)CCCC21C. The Bertz CT molecular complexity index is 986. The van der Waals surface area contributed by atoms with E-state index in [1.165, 1.54) is 16.7 Å². The molecule has 0 heterocycles. The van der Waals surface area contributed by atoms with E-state index < -0.39 is 30.4 Å². The first-order valence-corrected chi connectivity index (χ1v) is 24.1. The highest BCUT2D eigenvalue weighted by Crippen LogP contribution is 2.61. The molecule has 36 heavy (non-hydrogen) atoms. The molecule has 0 N–H and O–H groups in total. The van der Waals surface area contributed by atoms with Gasteiger partial charge in [-0.15, -0.1) is 0 Å². The molecule has 0 aromatic heterocycles. The zero-order valence-corrected chi connectivity index (χ0v) is 28.3. The summed E-state index contributed by atoms with van der Waals surface area (Å²) in [6, 6.07) is 6.97. The molecule has 0 bridgehead atoms. The smallest absolute Gasteiger partial charge is 0.298 e. The van der Waals surface area contributed by atoms with Crippen LogP contribution in [0, 0.1) is 11.3 Å². The normalized spacial score (nSPS) is 29.4. The predicted molar refractivity (Wildman–Crippen MR) is 158 cm³/mol. The van der Waals surface area contributed by atoms with Crippen molar-refractivity contribution < 1.29 is 18.1 Å². The quantitative estimate of drug-likeness (QED) is 0.320. The molecule has 0 amide bonds. The second-order valence-electron chi connectivity index (χ2n) is 15.2. The van der Waals surface area contributed by atoms with E-state index in [4.69, 9.17) is 13.3 Å². The first-order valence-electron chi connectivity index (χ1n) is 13.8. The Hall–Kier alpha value is -0.739. The van der Waals surface area contributed by atoms with Crippen molar-refractivity contribution in [2.45, 2.75) is 129 Å². The van der Waals surface area contributed by atoms with E-state index in [2.05, 4.69) is 105 Å². The Kier molecular flexibility index (Phi) is 7.84. The van der Waals surface area contributed by atoms with Crippen molar-refractivity contribution in [1.82, 2.24) is 0 Å². The van der Waals surface area contributed by atoms with Gasteiger partial charge in [0.2, 0.25) is 8.32 Å². The van der Waals surface area contributed by atoms with Crippen LogP contribution in [-0.2, 0) is 29.1 Å². The summed E-state index contributed by atoms with van der Waals surface area (Å²) in [5.41, 5.74) is 2.95. The summed E-state index contributed by atoms with van der Waals surface area (Å²) in [4.78, 5) is 13.7. The molecule has 1 fully saturated rings. The Morgan fingerprint density at radius 2 is 1.53 bits per heavy atom. The maximum Gasteiger partial charge on any atom is 0.298 e. The monoisotopic (exact) mass is 548 g/mol. The minimum absolute atomic E-state index is 0.00841. The maximum absolute atomic E-state index is 13.7. The Labute approximate surface area is 224 Å². The van der Waals surface area contributed by atoms with E-state index in [9.17, 15) is 4.79 Å². The lowest BCUT2D eigenvalue weighted by Crippen LogP contribution is -2.55. The van der Waals surface area contributed by atoms with Crippen LogP contribution in [0.2, 0.25) is 58.9 Å². The number of hydrogen-bond acceptors (Lipinski definition) is 4. The van der Waals surface area contributed by atoms with Crippen LogP contribution in [0.1, 0.15) is 76.2 Å².